The Morgan fingerprint density at radius 3 is 2.30 bits per heavy atom. The molecular formula is C8H15NS. The highest BCUT2D eigenvalue weighted by Crippen LogP contribution is 2.22. The lowest BCUT2D eigenvalue weighted by atomic mass is 10.0. The fourth-order valence-corrected chi connectivity index (χ4v) is 1.24. The normalized spacial score (nSPS) is 14.3. The van der Waals surface area contributed by atoms with E-state index in [0.717, 1.165) is 5.75 Å². The minimum absolute atomic E-state index is 0.138. The van der Waals surface area contributed by atoms with Crippen LogP contribution in [-0.4, -0.2) is 11.0 Å². The zero-order valence-electron chi connectivity index (χ0n) is 7.14. The Balaban J connectivity index is 3.48. The number of rotatable bonds is 2. The van der Waals surface area contributed by atoms with Crippen LogP contribution >= 0.6 is 11.8 Å². The van der Waals surface area contributed by atoms with Crippen LogP contribution in [0.4, 0.5) is 0 Å². The summed E-state index contributed by atoms with van der Waals surface area (Å²) in [5, 5.41) is 8.60. The summed E-state index contributed by atoms with van der Waals surface area (Å²) in [5.74, 6) is 1.06. The van der Waals surface area contributed by atoms with Gasteiger partial charge < -0.3 is 0 Å². The quantitative estimate of drug-likeness (QED) is 0.615. The maximum Gasteiger partial charge on any atom is 0.0888 e. The van der Waals surface area contributed by atoms with E-state index in [1.54, 1.807) is 11.8 Å². The van der Waals surface area contributed by atoms with Crippen molar-refractivity contribution in [1.29, 1.82) is 5.26 Å². The Bertz CT molecular complexity index is 129. The van der Waals surface area contributed by atoms with Crippen LogP contribution in [0.3, 0.4) is 0 Å². The highest BCUT2D eigenvalue weighted by molar-refractivity contribution is 8.00. The first kappa shape index (κ1) is 9.84. The zero-order valence-corrected chi connectivity index (χ0v) is 7.96. The SMILES string of the molecule is CC(C#N)SCC(C)(C)C. The maximum atomic E-state index is 8.46. The summed E-state index contributed by atoms with van der Waals surface area (Å²) in [6.45, 7) is 8.49. The molecule has 0 fully saturated rings. The molecule has 0 bridgehead atoms. The van der Waals surface area contributed by atoms with E-state index in [2.05, 4.69) is 26.8 Å². The Morgan fingerprint density at radius 1 is 1.50 bits per heavy atom. The Morgan fingerprint density at radius 2 is 2.00 bits per heavy atom. The predicted octanol–water partition coefficient (Wildman–Crippen LogP) is 2.68. The van der Waals surface area contributed by atoms with Crippen molar-refractivity contribution < 1.29 is 0 Å². The highest BCUT2D eigenvalue weighted by Gasteiger charge is 2.11. The average molecular weight is 157 g/mol. The lowest BCUT2D eigenvalue weighted by molar-refractivity contribution is 0.480. The van der Waals surface area contributed by atoms with Crippen LogP contribution < -0.4 is 0 Å². The van der Waals surface area contributed by atoms with Gasteiger partial charge >= 0.3 is 0 Å². The third-order valence-electron chi connectivity index (χ3n) is 0.948. The van der Waals surface area contributed by atoms with E-state index in [9.17, 15) is 0 Å². The van der Waals surface area contributed by atoms with Crippen molar-refractivity contribution in [3.05, 3.63) is 0 Å². The first-order valence-electron chi connectivity index (χ1n) is 3.47. The third-order valence-corrected chi connectivity index (χ3v) is 2.59. The molecule has 1 nitrogen and oxygen atoms in total. The molecule has 0 aliphatic heterocycles. The molecule has 0 aliphatic rings. The van der Waals surface area contributed by atoms with Gasteiger partial charge in [-0.05, 0) is 18.1 Å². The van der Waals surface area contributed by atoms with Crippen LogP contribution in [0.5, 0.6) is 0 Å². The van der Waals surface area contributed by atoms with Gasteiger partial charge in [0.25, 0.3) is 0 Å². The van der Waals surface area contributed by atoms with Gasteiger partial charge in [0, 0.05) is 0 Å². The van der Waals surface area contributed by atoms with Gasteiger partial charge in [-0.3, -0.25) is 0 Å². The van der Waals surface area contributed by atoms with Crippen LogP contribution in [0.1, 0.15) is 27.7 Å². The topological polar surface area (TPSA) is 23.8 Å². The molecule has 0 amide bonds. The highest BCUT2D eigenvalue weighted by atomic mass is 32.2. The lowest BCUT2D eigenvalue weighted by Crippen LogP contribution is -2.10. The molecule has 0 N–H and O–H groups in total. The molecule has 0 rings (SSSR count). The summed E-state index contributed by atoms with van der Waals surface area (Å²) in [7, 11) is 0. The molecule has 0 radical (unpaired) electrons. The summed E-state index contributed by atoms with van der Waals surface area (Å²) >= 11 is 1.72. The van der Waals surface area contributed by atoms with Crippen LogP contribution in [0.15, 0.2) is 0 Å². The predicted molar refractivity (Wildman–Crippen MR) is 47.0 cm³/mol. The zero-order chi connectivity index (χ0) is 8.20. The summed E-state index contributed by atoms with van der Waals surface area (Å²) < 4.78 is 0. The molecular weight excluding hydrogens is 142 g/mol. The second-order valence-corrected chi connectivity index (χ2v) is 4.97. The number of nitrogens with zero attached hydrogens (tertiary/aromatic N) is 1. The number of nitriles is 1. The molecule has 2 heteroatoms. The fourth-order valence-electron chi connectivity index (χ4n) is 0.412. The Hall–Kier alpha value is -0.160. The molecule has 0 saturated heterocycles. The lowest BCUT2D eigenvalue weighted by Gasteiger charge is -2.17. The van der Waals surface area contributed by atoms with E-state index in [0.29, 0.717) is 5.41 Å². The Labute approximate surface area is 67.8 Å². The fraction of sp³-hybridized carbons (Fsp3) is 0.875. The molecule has 0 aliphatic carbocycles. The van der Waals surface area contributed by atoms with Crippen molar-refractivity contribution in [3.8, 4) is 6.07 Å². The molecule has 0 saturated carbocycles. The minimum atomic E-state index is 0.138. The molecule has 0 spiro atoms. The molecule has 58 valence electrons. The van der Waals surface area contributed by atoms with Crippen LogP contribution in [0.2, 0.25) is 0 Å². The van der Waals surface area contributed by atoms with E-state index in [-0.39, 0.29) is 5.25 Å². The molecule has 10 heavy (non-hydrogen) atoms. The summed E-state index contributed by atoms with van der Waals surface area (Å²) in [6, 6.07) is 2.20. The van der Waals surface area contributed by atoms with Crippen LogP contribution in [-0.2, 0) is 0 Å². The third kappa shape index (κ3) is 5.97. The van der Waals surface area contributed by atoms with Crippen molar-refractivity contribution in [1.82, 2.24) is 0 Å². The maximum absolute atomic E-state index is 8.46. The number of thioether (sulfide) groups is 1. The summed E-state index contributed by atoms with van der Waals surface area (Å²) in [5.41, 5.74) is 0.343. The van der Waals surface area contributed by atoms with Gasteiger partial charge in [0.2, 0.25) is 0 Å². The van der Waals surface area contributed by atoms with Gasteiger partial charge in [-0.25, -0.2) is 0 Å². The molecule has 0 heterocycles. The van der Waals surface area contributed by atoms with E-state index >= 15 is 0 Å². The first-order valence-corrected chi connectivity index (χ1v) is 4.52. The van der Waals surface area contributed by atoms with E-state index in [1.165, 1.54) is 0 Å². The van der Waals surface area contributed by atoms with Crippen molar-refractivity contribution in [3.63, 3.8) is 0 Å². The van der Waals surface area contributed by atoms with Crippen molar-refractivity contribution in [2.24, 2.45) is 5.41 Å². The summed E-state index contributed by atoms with van der Waals surface area (Å²) in [6.07, 6.45) is 0. The molecule has 1 unspecified atom stereocenters. The largest absolute Gasteiger partial charge is 0.197 e. The molecule has 0 aromatic heterocycles. The minimum Gasteiger partial charge on any atom is -0.197 e. The van der Waals surface area contributed by atoms with Gasteiger partial charge in [-0.15, -0.1) is 11.8 Å². The van der Waals surface area contributed by atoms with Crippen molar-refractivity contribution in [2.75, 3.05) is 5.75 Å². The smallest absolute Gasteiger partial charge is 0.0888 e. The van der Waals surface area contributed by atoms with Crippen LogP contribution in [0.25, 0.3) is 0 Å². The van der Waals surface area contributed by atoms with E-state index in [4.69, 9.17) is 5.26 Å². The summed E-state index contributed by atoms with van der Waals surface area (Å²) in [4.78, 5) is 0. The van der Waals surface area contributed by atoms with E-state index < -0.39 is 0 Å². The van der Waals surface area contributed by atoms with Crippen molar-refractivity contribution >= 4 is 11.8 Å². The second-order valence-electron chi connectivity index (χ2n) is 3.64. The number of hydrogen-bond acceptors (Lipinski definition) is 2. The van der Waals surface area contributed by atoms with E-state index in [1.807, 2.05) is 6.92 Å². The standard InChI is InChI=1S/C8H15NS/c1-7(5-9)10-6-8(2,3)4/h7H,6H2,1-4H3. The van der Waals surface area contributed by atoms with Gasteiger partial charge in [-0.2, -0.15) is 5.26 Å². The molecule has 0 aromatic carbocycles. The Kier molecular flexibility index (Phi) is 3.81. The number of hydrogen-bond donors (Lipinski definition) is 0. The second kappa shape index (κ2) is 3.88. The average Bonchev–Trinajstić information content (AvgIpc) is 1.81. The monoisotopic (exact) mass is 157 g/mol. The molecule has 0 aromatic rings. The molecule has 1 atom stereocenters. The van der Waals surface area contributed by atoms with Gasteiger partial charge in [0.05, 0.1) is 11.3 Å². The van der Waals surface area contributed by atoms with Crippen LogP contribution in [0, 0.1) is 16.7 Å². The van der Waals surface area contributed by atoms with Gasteiger partial charge in [0.15, 0.2) is 0 Å². The van der Waals surface area contributed by atoms with Crippen molar-refractivity contribution in [2.45, 2.75) is 32.9 Å². The van der Waals surface area contributed by atoms with Gasteiger partial charge in [0.1, 0.15) is 0 Å². The first-order chi connectivity index (χ1) is 4.45. The van der Waals surface area contributed by atoms with Gasteiger partial charge in [-0.1, -0.05) is 20.8 Å².